The van der Waals surface area contributed by atoms with Crippen molar-refractivity contribution in [3.05, 3.63) is 41.9 Å². The second-order valence-electron chi connectivity index (χ2n) is 4.43. The van der Waals surface area contributed by atoms with Gasteiger partial charge in [-0.2, -0.15) is 5.10 Å². The van der Waals surface area contributed by atoms with Crippen LogP contribution in [-0.4, -0.2) is 21.1 Å². The van der Waals surface area contributed by atoms with Crippen LogP contribution >= 0.6 is 0 Å². The summed E-state index contributed by atoms with van der Waals surface area (Å²) in [5.41, 5.74) is 1.58. The van der Waals surface area contributed by atoms with Crippen molar-refractivity contribution in [1.82, 2.24) is 15.2 Å². The van der Waals surface area contributed by atoms with E-state index in [0.29, 0.717) is 11.5 Å². The van der Waals surface area contributed by atoms with Crippen molar-refractivity contribution < 1.29 is 4.79 Å². The third kappa shape index (κ3) is 3.91. The van der Waals surface area contributed by atoms with Gasteiger partial charge < -0.3 is 5.32 Å². The molecule has 5 heteroatoms. The van der Waals surface area contributed by atoms with Gasteiger partial charge in [-0.05, 0) is 24.5 Å². The molecular weight excluding hydrogens is 240 g/mol. The molecule has 0 radical (unpaired) electrons. The highest BCUT2D eigenvalue weighted by Gasteiger charge is 2.07. The lowest BCUT2D eigenvalue weighted by Gasteiger charge is -2.03. The molecule has 0 bridgehead atoms. The summed E-state index contributed by atoms with van der Waals surface area (Å²) >= 11 is 0. The summed E-state index contributed by atoms with van der Waals surface area (Å²) in [5, 5.41) is 9.13. The van der Waals surface area contributed by atoms with Gasteiger partial charge in [0.1, 0.15) is 11.5 Å². The molecule has 5 nitrogen and oxygen atoms in total. The van der Waals surface area contributed by atoms with E-state index < -0.39 is 0 Å². The van der Waals surface area contributed by atoms with Gasteiger partial charge in [-0.25, -0.2) is 0 Å². The largest absolute Gasteiger partial charge is 0.306 e. The van der Waals surface area contributed by atoms with Crippen LogP contribution < -0.4 is 5.32 Å². The third-order valence-corrected chi connectivity index (χ3v) is 2.88. The Bertz CT molecular complexity index is 505. The summed E-state index contributed by atoms with van der Waals surface area (Å²) in [7, 11) is 0. The summed E-state index contributed by atoms with van der Waals surface area (Å²) < 4.78 is 0. The van der Waals surface area contributed by atoms with Crippen molar-refractivity contribution in [2.75, 3.05) is 5.32 Å². The number of rotatable bonds is 6. The molecule has 2 rings (SSSR count). The monoisotopic (exact) mass is 258 g/mol. The first-order chi connectivity index (χ1) is 9.29. The van der Waals surface area contributed by atoms with Crippen LogP contribution in [-0.2, 0) is 6.42 Å². The normalized spacial score (nSPS) is 10.4. The Balaban J connectivity index is 1.92. The molecule has 0 fully saturated rings. The van der Waals surface area contributed by atoms with E-state index in [1.54, 1.807) is 24.5 Å². The number of hydrogen-bond acceptors (Lipinski definition) is 3. The van der Waals surface area contributed by atoms with Crippen LogP contribution in [0.4, 0.5) is 5.82 Å². The van der Waals surface area contributed by atoms with Gasteiger partial charge >= 0.3 is 0 Å². The Morgan fingerprint density at radius 2 is 2.21 bits per heavy atom. The smallest absolute Gasteiger partial charge is 0.275 e. The average Bonchev–Trinajstić information content (AvgIpc) is 2.93. The van der Waals surface area contributed by atoms with Crippen LogP contribution in [0.1, 0.15) is 42.2 Å². The number of nitrogens with zero attached hydrogens (tertiary/aromatic N) is 2. The van der Waals surface area contributed by atoms with E-state index in [0.717, 1.165) is 12.8 Å². The van der Waals surface area contributed by atoms with Crippen LogP contribution in [0.15, 0.2) is 30.6 Å². The maximum Gasteiger partial charge on any atom is 0.275 e. The second-order valence-corrected chi connectivity index (χ2v) is 4.43. The van der Waals surface area contributed by atoms with E-state index in [9.17, 15) is 4.79 Å². The number of nitrogens with one attached hydrogen (secondary N) is 2. The van der Waals surface area contributed by atoms with Crippen molar-refractivity contribution in [2.24, 2.45) is 0 Å². The number of aryl methyl sites for hydroxylation is 1. The molecule has 0 aliphatic heterocycles. The van der Waals surface area contributed by atoms with E-state index in [1.807, 2.05) is 6.07 Å². The molecule has 0 aromatic carbocycles. The molecule has 2 aromatic rings. The zero-order valence-corrected chi connectivity index (χ0v) is 11.0. The molecule has 2 aromatic heterocycles. The van der Waals surface area contributed by atoms with Gasteiger partial charge in [-0.1, -0.05) is 25.8 Å². The molecule has 2 heterocycles. The van der Waals surface area contributed by atoms with Crippen molar-refractivity contribution in [2.45, 2.75) is 32.6 Å². The van der Waals surface area contributed by atoms with E-state index in [-0.39, 0.29) is 5.91 Å². The number of amides is 1. The Labute approximate surface area is 112 Å². The molecule has 0 aliphatic rings. The molecule has 1 amide bonds. The maximum absolute atomic E-state index is 11.9. The number of anilines is 1. The van der Waals surface area contributed by atoms with Gasteiger partial charge in [-0.3, -0.25) is 14.9 Å². The summed E-state index contributed by atoms with van der Waals surface area (Å²) in [6.07, 6.45) is 7.97. The number of carbonyl (C=O) groups excluding carboxylic acids is 1. The quantitative estimate of drug-likeness (QED) is 0.783. The fraction of sp³-hybridized carbons (Fsp3) is 0.357. The lowest BCUT2D eigenvalue weighted by molar-refractivity contribution is 0.102. The molecule has 0 unspecified atom stereocenters. The maximum atomic E-state index is 11.9. The Hall–Kier alpha value is -2.17. The van der Waals surface area contributed by atoms with Crippen molar-refractivity contribution in [3.8, 4) is 0 Å². The van der Waals surface area contributed by atoms with Crippen LogP contribution in [0.25, 0.3) is 0 Å². The zero-order valence-electron chi connectivity index (χ0n) is 11.0. The minimum atomic E-state index is -0.232. The highest BCUT2D eigenvalue weighted by molar-refractivity contribution is 6.02. The standard InChI is InChI=1S/C14H18N4O/c1-2-3-4-5-11-6-7-12(15-10-11)14(19)17-13-8-9-16-18-13/h6-10H,2-5H2,1H3,(H2,16,17,18,19). The fourth-order valence-electron chi connectivity index (χ4n) is 1.80. The van der Waals surface area contributed by atoms with Crippen molar-refractivity contribution in [1.29, 1.82) is 0 Å². The number of aromatic nitrogens is 3. The van der Waals surface area contributed by atoms with Gasteiger partial charge in [-0.15, -0.1) is 0 Å². The topological polar surface area (TPSA) is 70.7 Å². The van der Waals surface area contributed by atoms with Gasteiger partial charge in [0, 0.05) is 12.3 Å². The number of aromatic amines is 1. The molecule has 0 atom stereocenters. The SMILES string of the molecule is CCCCCc1ccc(C(=O)Nc2ccn[nH]2)nc1. The first kappa shape index (κ1) is 13.3. The minimum Gasteiger partial charge on any atom is -0.306 e. The lowest BCUT2D eigenvalue weighted by Crippen LogP contribution is -2.13. The number of carbonyl (C=O) groups is 1. The minimum absolute atomic E-state index is 0.232. The molecule has 0 saturated carbocycles. The van der Waals surface area contributed by atoms with E-state index >= 15 is 0 Å². The Morgan fingerprint density at radius 1 is 1.32 bits per heavy atom. The van der Waals surface area contributed by atoms with Crippen molar-refractivity contribution >= 4 is 11.7 Å². The zero-order chi connectivity index (χ0) is 13.5. The van der Waals surface area contributed by atoms with Crippen LogP contribution in [0.5, 0.6) is 0 Å². The molecule has 2 N–H and O–H groups in total. The van der Waals surface area contributed by atoms with E-state index in [4.69, 9.17) is 0 Å². The average molecular weight is 258 g/mol. The number of hydrogen-bond donors (Lipinski definition) is 2. The van der Waals surface area contributed by atoms with Gasteiger partial charge in [0.05, 0.1) is 6.20 Å². The van der Waals surface area contributed by atoms with Gasteiger partial charge in [0.25, 0.3) is 5.91 Å². The molecule has 0 spiro atoms. The molecule has 0 aliphatic carbocycles. The number of pyridine rings is 1. The highest BCUT2D eigenvalue weighted by Crippen LogP contribution is 2.08. The molecule has 19 heavy (non-hydrogen) atoms. The first-order valence-corrected chi connectivity index (χ1v) is 6.55. The predicted octanol–water partition coefficient (Wildman–Crippen LogP) is 2.79. The predicted molar refractivity (Wildman–Crippen MR) is 74.0 cm³/mol. The van der Waals surface area contributed by atoms with E-state index in [2.05, 4.69) is 27.4 Å². The lowest BCUT2D eigenvalue weighted by atomic mass is 10.1. The van der Waals surface area contributed by atoms with Gasteiger partial charge in [0.2, 0.25) is 0 Å². The number of unbranched alkanes of at least 4 members (excludes halogenated alkanes) is 2. The second kappa shape index (κ2) is 6.68. The molecule has 0 saturated heterocycles. The van der Waals surface area contributed by atoms with E-state index in [1.165, 1.54) is 18.4 Å². The van der Waals surface area contributed by atoms with Gasteiger partial charge in [0.15, 0.2) is 0 Å². The highest BCUT2D eigenvalue weighted by atomic mass is 16.1. The first-order valence-electron chi connectivity index (χ1n) is 6.55. The molecule has 100 valence electrons. The third-order valence-electron chi connectivity index (χ3n) is 2.88. The Kier molecular flexibility index (Phi) is 4.66. The Morgan fingerprint density at radius 3 is 2.84 bits per heavy atom. The summed E-state index contributed by atoms with van der Waals surface area (Å²) in [4.78, 5) is 16.1. The molecular formula is C14H18N4O. The number of H-pyrrole nitrogens is 1. The van der Waals surface area contributed by atoms with Crippen molar-refractivity contribution in [3.63, 3.8) is 0 Å². The summed E-state index contributed by atoms with van der Waals surface area (Å²) in [5.74, 6) is 0.336. The van der Waals surface area contributed by atoms with Crippen LogP contribution in [0.2, 0.25) is 0 Å². The summed E-state index contributed by atoms with van der Waals surface area (Å²) in [6.45, 7) is 2.18. The summed E-state index contributed by atoms with van der Waals surface area (Å²) in [6, 6.07) is 5.41. The van der Waals surface area contributed by atoms with Crippen LogP contribution in [0.3, 0.4) is 0 Å². The van der Waals surface area contributed by atoms with Crippen LogP contribution in [0, 0.1) is 0 Å². The fourth-order valence-corrected chi connectivity index (χ4v) is 1.80.